The van der Waals surface area contributed by atoms with Crippen molar-refractivity contribution in [2.24, 2.45) is 11.3 Å². The van der Waals surface area contributed by atoms with E-state index < -0.39 is 0 Å². The van der Waals surface area contributed by atoms with Gasteiger partial charge in [-0.3, -0.25) is 0 Å². The van der Waals surface area contributed by atoms with Gasteiger partial charge in [0.2, 0.25) is 0 Å². The monoisotopic (exact) mass is 265 g/mol. The number of nitrogens with zero attached hydrogens (tertiary/aromatic N) is 1. The first kappa shape index (κ1) is 11.5. The molecule has 0 aliphatic heterocycles. The van der Waals surface area contributed by atoms with Crippen molar-refractivity contribution >= 4 is 33.2 Å². The summed E-state index contributed by atoms with van der Waals surface area (Å²) < 4.78 is 1.27. The predicted octanol–water partition coefficient (Wildman–Crippen LogP) is 4.49. The van der Waals surface area contributed by atoms with Crippen molar-refractivity contribution in [3.05, 3.63) is 29.3 Å². The third-order valence-corrected chi connectivity index (χ3v) is 5.25. The average Bonchev–Trinajstić information content (AvgIpc) is 2.73. The maximum atomic E-state index is 6.49. The molecule has 1 aliphatic carbocycles. The van der Waals surface area contributed by atoms with Crippen LogP contribution in [0.4, 0.5) is 0 Å². The van der Waals surface area contributed by atoms with Gasteiger partial charge >= 0.3 is 0 Å². The zero-order valence-corrected chi connectivity index (χ0v) is 11.7. The minimum absolute atomic E-state index is 0.241. The first-order valence-corrected chi connectivity index (χ1v) is 7.30. The molecule has 0 amide bonds. The Kier molecular flexibility index (Phi) is 2.68. The normalized spacial score (nSPS) is 23.8. The summed E-state index contributed by atoms with van der Waals surface area (Å²) in [5, 5.41) is 1.42. The van der Waals surface area contributed by atoms with Crippen molar-refractivity contribution in [3.63, 3.8) is 0 Å². The van der Waals surface area contributed by atoms with Crippen molar-refractivity contribution in [1.29, 1.82) is 0 Å². The van der Waals surface area contributed by atoms with Gasteiger partial charge in [0.05, 0.1) is 15.2 Å². The zero-order chi connectivity index (χ0) is 12.0. The van der Waals surface area contributed by atoms with E-state index in [1.165, 1.54) is 16.1 Å². The molecule has 0 bridgehead atoms. The van der Waals surface area contributed by atoms with Crippen LogP contribution in [-0.2, 0) is 6.42 Å². The van der Waals surface area contributed by atoms with Crippen LogP contribution in [0.1, 0.15) is 25.3 Å². The maximum absolute atomic E-state index is 6.49. The molecule has 3 rings (SSSR count). The molecule has 1 aromatic carbocycles. The van der Waals surface area contributed by atoms with E-state index in [-0.39, 0.29) is 5.38 Å². The lowest BCUT2D eigenvalue weighted by Gasteiger charge is -2.08. The zero-order valence-electron chi connectivity index (χ0n) is 10.1. The molecule has 0 saturated heterocycles. The summed E-state index contributed by atoms with van der Waals surface area (Å²) in [7, 11) is 0. The Hall–Kier alpha value is -0.600. The topological polar surface area (TPSA) is 12.9 Å². The first-order chi connectivity index (χ1) is 8.06. The van der Waals surface area contributed by atoms with Crippen LogP contribution in [0.2, 0.25) is 0 Å². The fraction of sp³-hybridized carbons (Fsp3) is 0.500. The molecule has 90 valence electrons. The van der Waals surface area contributed by atoms with Crippen LogP contribution in [0.3, 0.4) is 0 Å². The number of aromatic nitrogens is 1. The fourth-order valence-electron chi connectivity index (χ4n) is 2.44. The predicted molar refractivity (Wildman–Crippen MR) is 74.9 cm³/mol. The lowest BCUT2D eigenvalue weighted by molar-refractivity contribution is 0.538. The molecule has 1 aliphatic rings. The van der Waals surface area contributed by atoms with Crippen LogP contribution < -0.4 is 0 Å². The molecule has 0 spiro atoms. The highest BCUT2D eigenvalue weighted by molar-refractivity contribution is 7.18. The summed E-state index contributed by atoms with van der Waals surface area (Å²) in [5.41, 5.74) is 1.55. The summed E-state index contributed by atoms with van der Waals surface area (Å²) in [6, 6.07) is 8.29. The number of benzene rings is 1. The van der Waals surface area contributed by atoms with Gasteiger partial charge < -0.3 is 0 Å². The second-order valence-corrected chi connectivity index (χ2v) is 7.27. The van der Waals surface area contributed by atoms with E-state index in [1.54, 1.807) is 11.3 Å². The Morgan fingerprint density at radius 3 is 2.82 bits per heavy atom. The number of halogens is 1. The molecule has 17 heavy (non-hydrogen) atoms. The summed E-state index contributed by atoms with van der Waals surface area (Å²) in [4.78, 5) is 4.64. The van der Waals surface area contributed by atoms with E-state index in [1.807, 2.05) is 6.07 Å². The van der Waals surface area contributed by atoms with Crippen LogP contribution in [0, 0.1) is 11.3 Å². The van der Waals surface area contributed by atoms with Crippen molar-refractivity contribution < 1.29 is 0 Å². The van der Waals surface area contributed by atoms with Crippen LogP contribution in [0.5, 0.6) is 0 Å². The standard InChI is InChI=1S/C14H16ClNS/c1-14(2)8-9(14)10(15)7-13-16-11-5-3-4-6-12(11)17-13/h3-6,9-10H,7-8H2,1-2H3. The summed E-state index contributed by atoms with van der Waals surface area (Å²) >= 11 is 8.27. The van der Waals surface area contributed by atoms with Crippen molar-refractivity contribution in [2.75, 3.05) is 0 Å². The van der Waals surface area contributed by atoms with Gasteiger partial charge in [0.15, 0.2) is 0 Å². The molecule has 2 atom stereocenters. The third kappa shape index (κ3) is 2.21. The van der Waals surface area contributed by atoms with Gasteiger partial charge in [-0.15, -0.1) is 22.9 Å². The number of para-hydroxylation sites is 1. The Labute approximate surface area is 111 Å². The molecule has 0 radical (unpaired) electrons. The molecule has 0 N–H and O–H groups in total. The molecule has 2 unspecified atom stereocenters. The third-order valence-electron chi connectivity index (χ3n) is 3.73. The molecule has 1 fully saturated rings. The van der Waals surface area contributed by atoms with E-state index in [0.29, 0.717) is 11.3 Å². The summed E-state index contributed by atoms with van der Waals surface area (Å²) in [5.74, 6) is 0.663. The van der Waals surface area contributed by atoms with Gasteiger partial charge in [0.1, 0.15) is 0 Å². The Morgan fingerprint density at radius 2 is 2.18 bits per heavy atom. The van der Waals surface area contributed by atoms with Gasteiger partial charge in [0, 0.05) is 11.8 Å². The van der Waals surface area contributed by atoms with E-state index in [4.69, 9.17) is 11.6 Å². The Balaban J connectivity index is 1.77. The average molecular weight is 266 g/mol. The number of fused-ring (bicyclic) bond motifs is 1. The van der Waals surface area contributed by atoms with Crippen molar-refractivity contribution in [3.8, 4) is 0 Å². The number of hydrogen-bond donors (Lipinski definition) is 0. The fourth-order valence-corrected chi connectivity index (χ4v) is 4.14. The largest absolute Gasteiger partial charge is 0.241 e. The molecular formula is C14H16ClNS. The number of alkyl halides is 1. The smallest absolute Gasteiger partial charge is 0.0953 e. The quantitative estimate of drug-likeness (QED) is 0.745. The minimum Gasteiger partial charge on any atom is -0.241 e. The van der Waals surface area contributed by atoms with Crippen LogP contribution >= 0.6 is 22.9 Å². The maximum Gasteiger partial charge on any atom is 0.0953 e. The summed E-state index contributed by atoms with van der Waals surface area (Å²) in [6.07, 6.45) is 2.17. The van der Waals surface area contributed by atoms with E-state index in [0.717, 1.165) is 11.9 Å². The number of rotatable bonds is 3. The Morgan fingerprint density at radius 1 is 1.47 bits per heavy atom. The van der Waals surface area contributed by atoms with Gasteiger partial charge in [-0.1, -0.05) is 26.0 Å². The van der Waals surface area contributed by atoms with Gasteiger partial charge in [0.25, 0.3) is 0 Å². The van der Waals surface area contributed by atoms with Crippen LogP contribution in [0.15, 0.2) is 24.3 Å². The molecule has 1 saturated carbocycles. The Bertz CT molecular complexity index is 513. The molecule has 1 aromatic heterocycles. The van der Waals surface area contributed by atoms with Gasteiger partial charge in [-0.25, -0.2) is 4.98 Å². The molecule has 1 heterocycles. The van der Waals surface area contributed by atoms with Crippen molar-refractivity contribution in [2.45, 2.75) is 32.1 Å². The highest BCUT2D eigenvalue weighted by Gasteiger charge is 2.49. The number of hydrogen-bond acceptors (Lipinski definition) is 2. The number of thiazole rings is 1. The molecule has 3 heteroatoms. The van der Waals surface area contributed by atoms with Crippen molar-refractivity contribution in [1.82, 2.24) is 4.98 Å². The lowest BCUT2D eigenvalue weighted by atomic mass is 10.1. The molecular weight excluding hydrogens is 250 g/mol. The summed E-state index contributed by atoms with van der Waals surface area (Å²) in [6.45, 7) is 4.59. The lowest BCUT2D eigenvalue weighted by Crippen LogP contribution is -2.09. The van der Waals surface area contributed by atoms with Gasteiger partial charge in [-0.2, -0.15) is 0 Å². The van der Waals surface area contributed by atoms with E-state index in [2.05, 4.69) is 37.0 Å². The van der Waals surface area contributed by atoms with Crippen LogP contribution in [-0.4, -0.2) is 10.4 Å². The van der Waals surface area contributed by atoms with E-state index in [9.17, 15) is 0 Å². The second-order valence-electron chi connectivity index (χ2n) is 5.59. The minimum atomic E-state index is 0.241. The van der Waals surface area contributed by atoms with Gasteiger partial charge in [-0.05, 0) is 29.9 Å². The molecule has 2 aromatic rings. The SMILES string of the molecule is CC1(C)CC1C(Cl)Cc1nc2ccccc2s1. The highest BCUT2D eigenvalue weighted by atomic mass is 35.5. The first-order valence-electron chi connectivity index (χ1n) is 6.05. The second kappa shape index (κ2) is 3.96. The molecule has 1 nitrogen and oxygen atoms in total. The van der Waals surface area contributed by atoms with Crippen LogP contribution in [0.25, 0.3) is 10.2 Å². The van der Waals surface area contributed by atoms with E-state index >= 15 is 0 Å². The highest BCUT2D eigenvalue weighted by Crippen LogP contribution is 2.55.